The molecule has 0 aromatic rings. The second-order valence-electron chi connectivity index (χ2n) is 6.83. The van der Waals surface area contributed by atoms with E-state index in [2.05, 4.69) is 10.2 Å². The number of carbonyl (C=O) groups excluding carboxylic acids is 2. The van der Waals surface area contributed by atoms with Crippen LogP contribution in [0.5, 0.6) is 0 Å². The summed E-state index contributed by atoms with van der Waals surface area (Å²) in [5, 5.41) is 3.11. The van der Waals surface area contributed by atoms with Gasteiger partial charge in [0.2, 0.25) is 11.8 Å². The first-order valence-electron chi connectivity index (χ1n) is 8.41. The van der Waals surface area contributed by atoms with E-state index in [1.54, 1.807) is 6.92 Å². The highest BCUT2D eigenvalue weighted by Crippen LogP contribution is 2.31. The SMILES string of the molecule is CC(=O)N1CCC[C@@H]1[C@H]1CCCN1[C@H](C)C(=O)NC1CC1. The Bertz CT molecular complexity index is 422. The van der Waals surface area contributed by atoms with Gasteiger partial charge in [-0.05, 0) is 52.0 Å². The lowest BCUT2D eigenvalue weighted by molar-refractivity contribution is -0.131. The van der Waals surface area contributed by atoms with Crippen molar-refractivity contribution in [3.8, 4) is 0 Å². The van der Waals surface area contributed by atoms with Crippen molar-refractivity contribution in [2.24, 2.45) is 0 Å². The van der Waals surface area contributed by atoms with E-state index in [-0.39, 0.29) is 17.9 Å². The van der Waals surface area contributed by atoms with Gasteiger partial charge in [0.15, 0.2) is 0 Å². The second-order valence-corrected chi connectivity index (χ2v) is 6.83. The Labute approximate surface area is 127 Å². The molecular weight excluding hydrogens is 266 g/mol. The topological polar surface area (TPSA) is 52.7 Å². The van der Waals surface area contributed by atoms with Crippen LogP contribution in [0.25, 0.3) is 0 Å². The van der Waals surface area contributed by atoms with Crippen LogP contribution in [0, 0.1) is 0 Å². The fourth-order valence-corrected chi connectivity index (χ4v) is 3.99. The molecule has 2 aliphatic heterocycles. The van der Waals surface area contributed by atoms with Crippen LogP contribution in [0.15, 0.2) is 0 Å². The summed E-state index contributed by atoms with van der Waals surface area (Å²) >= 11 is 0. The van der Waals surface area contributed by atoms with Gasteiger partial charge in [0.05, 0.1) is 6.04 Å². The zero-order chi connectivity index (χ0) is 15.0. The molecule has 2 saturated heterocycles. The third kappa shape index (κ3) is 3.07. The van der Waals surface area contributed by atoms with Gasteiger partial charge in [-0.3, -0.25) is 14.5 Å². The molecule has 0 bridgehead atoms. The molecule has 3 rings (SSSR count). The Balaban J connectivity index is 1.66. The van der Waals surface area contributed by atoms with Gasteiger partial charge in [-0.25, -0.2) is 0 Å². The van der Waals surface area contributed by atoms with E-state index in [1.165, 1.54) is 0 Å². The molecule has 2 heterocycles. The number of hydrogen-bond donors (Lipinski definition) is 1. The van der Waals surface area contributed by atoms with Crippen molar-refractivity contribution in [3.63, 3.8) is 0 Å². The molecule has 21 heavy (non-hydrogen) atoms. The van der Waals surface area contributed by atoms with Crippen molar-refractivity contribution in [2.75, 3.05) is 13.1 Å². The zero-order valence-electron chi connectivity index (χ0n) is 13.2. The van der Waals surface area contributed by atoms with Crippen LogP contribution in [-0.2, 0) is 9.59 Å². The molecule has 1 N–H and O–H groups in total. The molecule has 1 saturated carbocycles. The Morgan fingerprint density at radius 3 is 2.38 bits per heavy atom. The minimum atomic E-state index is -0.0764. The van der Waals surface area contributed by atoms with E-state index < -0.39 is 0 Å². The quantitative estimate of drug-likeness (QED) is 0.845. The summed E-state index contributed by atoms with van der Waals surface area (Å²) in [6.07, 6.45) is 6.67. The molecule has 0 spiro atoms. The molecule has 118 valence electrons. The number of likely N-dealkylation sites (tertiary alicyclic amines) is 2. The van der Waals surface area contributed by atoms with Gasteiger partial charge in [0.25, 0.3) is 0 Å². The van der Waals surface area contributed by atoms with E-state index in [9.17, 15) is 9.59 Å². The van der Waals surface area contributed by atoms with Crippen LogP contribution in [0.2, 0.25) is 0 Å². The maximum Gasteiger partial charge on any atom is 0.237 e. The van der Waals surface area contributed by atoms with E-state index >= 15 is 0 Å². The Hall–Kier alpha value is -1.10. The molecular formula is C16H27N3O2. The molecule has 2 amide bonds. The lowest BCUT2D eigenvalue weighted by atomic mass is 10.0. The third-order valence-electron chi connectivity index (χ3n) is 5.29. The van der Waals surface area contributed by atoms with Crippen LogP contribution < -0.4 is 5.32 Å². The first kappa shape index (κ1) is 14.8. The largest absolute Gasteiger partial charge is 0.352 e. The number of hydrogen-bond acceptors (Lipinski definition) is 3. The summed E-state index contributed by atoms with van der Waals surface area (Å²) in [6, 6.07) is 1.01. The number of nitrogens with one attached hydrogen (secondary N) is 1. The van der Waals surface area contributed by atoms with E-state index in [4.69, 9.17) is 0 Å². The molecule has 3 atom stereocenters. The summed E-state index contributed by atoms with van der Waals surface area (Å²) in [5.41, 5.74) is 0. The maximum absolute atomic E-state index is 12.3. The average Bonchev–Trinajstić information content (AvgIpc) is 2.96. The highest BCUT2D eigenvalue weighted by atomic mass is 16.2. The highest BCUT2D eigenvalue weighted by Gasteiger charge is 2.42. The Morgan fingerprint density at radius 1 is 1.05 bits per heavy atom. The van der Waals surface area contributed by atoms with Crippen LogP contribution in [-0.4, -0.2) is 58.9 Å². The molecule has 3 fully saturated rings. The van der Waals surface area contributed by atoms with Gasteiger partial charge in [-0.15, -0.1) is 0 Å². The summed E-state index contributed by atoms with van der Waals surface area (Å²) in [4.78, 5) is 28.5. The van der Waals surface area contributed by atoms with Crippen molar-refractivity contribution in [2.45, 2.75) is 76.5 Å². The monoisotopic (exact) mass is 293 g/mol. The van der Waals surface area contributed by atoms with Crippen LogP contribution in [0.3, 0.4) is 0 Å². The normalized spacial score (nSPS) is 31.4. The molecule has 0 aromatic carbocycles. The van der Waals surface area contributed by atoms with Gasteiger partial charge in [0.1, 0.15) is 0 Å². The minimum Gasteiger partial charge on any atom is -0.352 e. The Morgan fingerprint density at radius 2 is 1.71 bits per heavy atom. The van der Waals surface area contributed by atoms with Crippen molar-refractivity contribution in [1.82, 2.24) is 15.1 Å². The molecule has 5 heteroatoms. The number of nitrogens with zero attached hydrogens (tertiary/aromatic N) is 2. The number of rotatable bonds is 4. The summed E-state index contributed by atoms with van der Waals surface area (Å²) < 4.78 is 0. The molecule has 0 radical (unpaired) electrons. The molecule has 1 aliphatic carbocycles. The molecule has 0 aromatic heterocycles. The maximum atomic E-state index is 12.3. The van der Waals surface area contributed by atoms with Crippen LogP contribution in [0.1, 0.15) is 52.4 Å². The molecule has 0 unspecified atom stereocenters. The van der Waals surface area contributed by atoms with Crippen molar-refractivity contribution >= 4 is 11.8 Å². The summed E-state index contributed by atoms with van der Waals surface area (Å²) in [5.74, 6) is 0.344. The first-order chi connectivity index (χ1) is 10.1. The molecule has 5 nitrogen and oxygen atoms in total. The predicted octanol–water partition coefficient (Wildman–Crippen LogP) is 1.13. The van der Waals surface area contributed by atoms with Crippen molar-refractivity contribution in [1.29, 1.82) is 0 Å². The lowest BCUT2D eigenvalue weighted by Crippen LogP contribution is -2.54. The lowest BCUT2D eigenvalue weighted by Gasteiger charge is -2.37. The van der Waals surface area contributed by atoms with Crippen LogP contribution in [0.4, 0.5) is 0 Å². The summed E-state index contributed by atoms with van der Waals surface area (Å²) in [7, 11) is 0. The van der Waals surface area contributed by atoms with Crippen molar-refractivity contribution in [3.05, 3.63) is 0 Å². The van der Waals surface area contributed by atoms with E-state index in [1.807, 2.05) is 11.8 Å². The first-order valence-corrected chi connectivity index (χ1v) is 8.41. The summed E-state index contributed by atoms with van der Waals surface area (Å²) in [6.45, 7) is 5.54. The smallest absolute Gasteiger partial charge is 0.237 e. The van der Waals surface area contributed by atoms with E-state index in [0.29, 0.717) is 18.1 Å². The van der Waals surface area contributed by atoms with Gasteiger partial charge in [-0.1, -0.05) is 0 Å². The van der Waals surface area contributed by atoms with Gasteiger partial charge in [0, 0.05) is 31.6 Å². The van der Waals surface area contributed by atoms with Crippen molar-refractivity contribution < 1.29 is 9.59 Å². The van der Waals surface area contributed by atoms with Gasteiger partial charge >= 0.3 is 0 Å². The van der Waals surface area contributed by atoms with Crippen LogP contribution >= 0.6 is 0 Å². The predicted molar refractivity (Wildman–Crippen MR) is 80.8 cm³/mol. The van der Waals surface area contributed by atoms with Gasteiger partial charge < -0.3 is 10.2 Å². The number of carbonyl (C=O) groups is 2. The molecule has 3 aliphatic rings. The highest BCUT2D eigenvalue weighted by molar-refractivity contribution is 5.82. The number of amides is 2. The fraction of sp³-hybridized carbons (Fsp3) is 0.875. The van der Waals surface area contributed by atoms with E-state index in [0.717, 1.165) is 51.6 Å². The Kier molecular flexibility index (Phi) is 4.20. The second kappa shape index (κ2) is 5.95. The average molecular weight is 293 g/mol. The zero-order valence-corrected chi connectivity index (χ0v) is 13.2. The minimum absolute atomic E-state index is 0.0764. The fourth-order valence-electron chi connectivity index (χ4n) is 3.99. The third-order valence-corrected chi connectivity index (χ3v) is 5.29. The standard InChI is InChI=1S/C16H27N3O2/c1-11(16(21)17-13-7-8-13)18-9-3-5-14(18)15-6-4-10-19(15)12(2)20/h11,13-15H,3-10H2,1-2H3,(H,17,21)/t11-,14-,15-/m1/s1. The van der Waals surface area contributed by atoms with Gasteiger partial charge in [-0.2, -0.15) is 0 Å².